The average molecular weight is 298 g/mol. The number of nitrogens with one attached hydrogen (secondary N) is 1. The summed E-state index contributed by atoms with van der Waals surface area (Å²) in [4.78, 5) is 25.5. The van der Waals surface area contributed by atoms with Gasteiger partial charge in [0.25, 0.3) is 0 Å². The van der Waals surface area contributed by atoms with Gasteiger partial charge in [-0.05, 0) is 26.7 Å². The Kier molecular flexibility index (Phi) is 5.08. The highest BCUT2D eigenvalue weighted by Crippen LogP contribution is 2.28. The first-order chi connectivity index (χ1) is 9.97. The lowest BCUT2D eigenvalue weighted by molar-refractivity contribution is -0.142. The molecule has 2 amide bonds. The number of carbonyl (C=O) groups excluding carboxylic acids is 1. The van der Waals surface area contributed by atoms with E-state index in [1.54, 1.807) is 4.90 Å². The van der Waals surface area contributed by atoms with Crippen LogP contribution in [0.1, 0.15) is 46.0 Å². The molecular weight excluding hydrogens is 272 g/mol. The fourth-order valence-electron chi connectivity index (χ4n) is 3.40. The maximum atomic E-state index is 12.6. The Balaban J connectivity index is 2.02. The average Bonchev–Trinajstić information content (AvgIpc) is 2.89. The summed E-state index contributed by atoms with van der Waals surface area (Å²) >= 11 is 0. The van der Waals surface area contributed by atoms with Crippen LogP contribution in [-0.4, -0.2) is 53.3 Å². The van der Waals surface area contributed by atoms with Crippen molar-refractivity contribution < 1.29 is 19.4 Å². The van der Waals surface area contributed by atoms with Crippen molar-refractivity contribution in [3.05, 3.63) is 0 Å². The molecule has 0 aromatic carbocycles. The van der Waals surface area contributed by atoms with E-state index in [1.807, 2.05) is 6.92 Å². The molecule has 1 heterocycles. The number of hydrogen-bond acceptors (Lipinski definition) is 3. The molecule has 2 unspecified atom stereocenters. The molecule has 1 aliphatic carbocycles. The van der Waals surface area contributed by atoms with Gasteiger partial charge in [0.15, 0.2) is 0 Å². The summed E-state index contributed by atoms with van der Waals surface area (Å²) < 4.78 is 5.28. The van der Waals surface area contributed by atoms with Gasteiger partial charge in [0.1, 0.15) is 5.92 Å². The van der Waals surface area contributed by atoms with Gasteiger partial charge in [0.05, 0.1) is 19.3 Å². The number of carbonyl (C=O) groups is 2. The van der Waals surface area contributed by atoms with Crippen LogP contribution in [-0.2, 0) is 9.53 Å². The Hall–Kier alpha value is -1.30. The van der Waals surface area contributed by atoms with Gasteiger partial charge in [0, 0.05) is 12.1 Å². The van der Waals surface area contributed by atoms with E-state index in [0.717, 1.165) is 25.7 Å². The Labute approximate surface area is 125 Å². The van der Waals surface area contributed by atoms with Crippen LogP contribution < -0.4 is 5.32 Å². The van der Waals surface area contributed by atoms with Gasteiger partial charge in [-0.2, -0.15) is 0 Å². The summed E-state index contributed by atoms with van der Waals surface area (Å²) in [5.74, 6) is -1.53. The highest BCUT2D eigenvalue weighted by Gasteiger charge is 2.40. The molecule has 0 bridgehead atoms. The maximum Gasteiger partial charge on any atom is 0.318 e. The van der Waals surface area contributed by atoms with Crippen LogP contribution in [0.25, 0.3) is 0 Å². The largest absolute Gasteiger partial charge is 0.481 e. The third-order valence-corrected chi connectivity index (χ3v) is 4.74. The lowest BCUT2D eigenvalue weighted by Gasteiger charge is -2.38. The van der Waals surface area contributed by atoms with Gasteiger partial charge in [-0.3, -0.25) is 4.79 Å². The molecule has 1 saturated heterocycles. The van der Waals surface area contributed by atoms with Crippen LogP contribution in [0.15, 0.2) is 0 Å². The molecule has 6 nitrogen and oxygen atoms in total. The lowest BCUT2D eigenvalue weighted by atomic mass is 9.83. The minimum atomic E-state index is -0.896. The molecule has 0 aromatic heterocycles. The summed E-state index contributed by atoms with van der Waals surface area (Å²) in [5.41, 5.74) is -0.166. The molecule has 2 aliphatic rings. The minimum absolute atomic E-state index is 0.163. The molecule has 120 valence electrons. The van der Waals surface area contributed by atoms with E-state index in [9.17, 15) is 14.7 Å². The van der Waals surface area contributed by atoms with E-state index in [2.05, 4.69) is 12.2 Å². The predicted octanol–water partition coefficient (Wildman–Crippen LogP) is 1.84. The van der Waals surface area contributed by atoms with Crippen molar-refractivity contribution in [2.45, 2.75) is 57.5 Å². The summed E-state index contributed by atoms with van der Waals surface area (Å²) in [6, 6.07) is -0.539. The van der Waals surface area contributed by atoms with Gasteiger partial charge < -0.3 is 20.1 Å². The zero-order chi connectivity index (χ0) is 15.5. The molecular formula is C15H26N2O4. The summed E-state index contributed by atoms with van der Waals surface area (Å²) in [6.45, 7) is 4.92. The van der Waals surface area contributed by atoms with Crippen molar-refractivity contribution >= 4 is 12.0 Å². The fourth-order valence-corrected chi connectivity index (χ4v) is 3.40. The molecule has 2 rings (SSSR count). The molecule has 0 aromatic rings. The number of urea groups is 1. The number of ether oxygens (including phenoxy) is 1. The van der Waals surface area contributed by atoms with Crippen LogP contribution in [0.3, 0.4) is 0 Å². The molecule has 1 aliphatic heterocycles. The zero-order valence-electron chi connectivity index (χ0n) is 12.9. The van der Waals surface area contributed by atoms with Crippen molar-refractivity contribution in [2.24, 2.45) is 5.92 Å². The van der Waals surface area contributed by atoms with E-state index in [4.69, 9.17) is 4.74 Å². The normalized spacial score (nSPS) is 28.1. The van der Waals surface area contributed by atoms with Gasteiger partial charge in [0.2, 0.25) is 0 Å². The Morgan fingerprint density at radius 2 is 1.95 bits per heavy atom. The third kappa shape index (κ3) is 3.67. The lowest BCUT2D eigenvalue weighted by Crippen LogP contribution is -2.56. The number of carboxylic acid groups (broad SMARTS) is 1. The van der Waals surface area contributed by atoms with Crippen molar-refractivity contribution in [2.75, 3.05) is 19.8 Å². The highest BCUT2D eigenvalue weighted by atomic mass is 16.5. The number of nitrogens with zero attached hydrogens (tertiary/aromatic N) is 1. The third-order valence-electron chi connectivity index (χ3n) is 4.74. The van der Waals surface area contributed by atoms with Crippen molar-refractivity contribution in [3.8, 4) is 0 Å². The second-order valence-electron chi connectivity index (χ2n) is 6.39. The smallest absolute Gasteiger partial charge is 0.318 e. The van der Waals surface area contributed by atoms with Crippen molar-refractivity contribution in [1.82, 2.24) is 10.2 Å². The Morgan fingerprint density at radius 1 is 1.29 bits per heavy atom. The maximum absolute atomic E-state index is 12.6. The highest BCUT2D eigenvalue weighted by molar-refractivity contribution is 5.78. The summed E-state index contributed by atoms with van der Waals surface area (Å²) in [5, 5.41) is 12.4. The number of amides is 2. The summed E-state index contributed by atoms with van der Waals surface area (Å²) in [6.07, 6.45) is 5.46. The minimum Gasteiger partial charge on any atom is -0.481 e. The van der Waals surface area contributed by atoms with Crippen LogP contribution in [0.2, 0.25) is 0 Å². The number of rotatable bonds is 4. The molecule has 6 heteroatoms. The molecule has 2 atom stereocenters. The molecule has 1 saturated carbocycles. The van der Waals surface area contributed by atoms with Crippen LogP contribution in [0.4, 0.5) is 4.79 Å². The zero-order valence-corrected chi connectivity index (χ0v) is 12.9. The standard InChI is InChI=1S/C15H26N2O4/c1-3-17(12-10-21-9-11(12)13(18)19)14(20)16-15(2)7-5-4-6-8-15/h11-12H,3-10H2,1-2H3,(H,16,20)(H,18,19). The van der Waals surface area contributed by atoms with E-state index >= 15 is 0 Å². The summed E-state index contributed by atoms with van der Waals surface area (Å²) in [7, 11) is 0. The first-order valence-electron chi connectivity index (χ1n) is 7.86. The predicted molar refractivity (Wildman–Crippen MR) is 78.1 cm³/mol. The second kappa shape index (κ2) is 6.64. The molecule has 0 spiro atoms. The van der Waals surface area contributed by atoms with Crippen LogP contribution in [0.5, 0.6) is 0 Å². The monoisotopic (exact) mass is 298 g/mol. The van der Waals surface area contributed by atoms with Gasteiger partial charge in [-0.1, -0.05) is 19.3 Å². The number of likely N-dealkylation sites (N-methyl/N-ethyl adjacent to an activating group) is 1. The van der Waals surface area contributed by atoms with Gasteiger partial charge in [-0.15, -0.1) is 0 Å². The van der Waals surface area contributed by atoms with Crippen LogP contribution in [0, 0.1) is 5.92 Å². The molecule has 2 fully saturated rings. The van der Waals surface area contributed by atoms with Crippen molar-refractivity contribution in [3.63, 3.8) is 0 Å². The fraction of sp³-hybridized carbons (Fsp3) is 0.867. The van der Waals surface area contributed by atoms with E-state index in [0.29, 0.717) is 13.2 Å². The first-order valence-corrected chi connectivity index (χ1v) is 7.86. The number of aliphatic carboxylic acids is 1. The van der Waals surface area contributed by atoms with Gasteiger partial charge in [-0.25, -0.2) is 4.79 Å². The quantitative estimate of drug-likeness (QED) is 0.830. The Morgan fingerprint density at radius 3 is 2.52 bits per heavy atom. The van der Waals surface area contributed by atoms with E-state index in [-0.39, 0.29) is 24.2 Å². The second-order valence-corrected chi connectivity index (χ2v) is 6.39. The SMILES string of the molecule is CCN(C(=O)NC1(C)CCCCC1)C1COCC1C(=O)O. The van der Waals surface area contributed by atoms with E-state index in [1.165, 1.54) is 6.42 Å². The number of hydrogen-bond donors (Lipinski definition) is 2. The number of carboxylic acids is 1. The first kappa shape index (κ1) is 16.1. The molecule has 21 heavy (non-hydrogen) atoms. The van der Waals surface area contributed by atoms with Gasteiger partial charge >= 0.3 is 12.0 Å². The van der Waals surface area contributed by atoms with E-state index < -0.39 is 11.9 Å². The Bertz CT molecular complexity index is 393. The molecule has 0 radical (unpaired) electrons. The van der Waals surface area contributed by atoms with Crippen LogP contribution >= 0.6 is 0 Å². The van der Waals surface area contributed by atoms with Crippen molar-refractivity contribution in [1.29, 1.82) is 0 Å². The molecule has 2 N–H and O–H groups in total. The topological polar surface area (TPSA) is 78.9 Å².